The number of hydrogen-bond donors (Lipinski definition) is 0. The smallest absolute Gasteiger partial charge is 0.169 e. The second kappa shape index (κ2) is 13.2. The van der Waals surface area contributed by atoms with Crippen molar-refractivity contribution in [3.05, 3.63) is 170 Å². The number of imidazole rings is 1. The van der Waals surface area contributed by atoms with E-state index in [1.807, 2.05) is 73.7 Å². The second-order valence-corrected chi connectivity index (χ2v) is 11.9. The molecule has 50 heavy (non-hydrogen) atoms. The molecule has 0 amide bonds. The third kappa shape index (κ3) is 5.36. The second-order valence-electron chi connectivity index (χ2n) is 11.9. The Morgan fingerprint density at radius 1 is 0.580 bits per heavy atom. The fourth-order valence-corrected chi connectivity index (χ4v) is 6.66. The van der Waals surface area contributed by atoms with E-state index in [0.29, 0.717) is 5.65 Å². The van der Waals surface area contributed by atoms with Crippen LogP contribution in [0, 0.1) is 19.1 Å². The summed E-state index contributed by atoms with van der Waals surface area (Å²) in [5.41, 5.74) is 8.17. The van der Waals surface area contributed by atoms with Crippen LogP contribution in [0.15, 0.2) is 156 Å². The molecule has 0 N–H and O–H groups in total. The summed E-state index contributed by atoms with van der Waals surface area (Å²) in [5.74, 6) is 0.762. The summed E-state index contributed by atoms with van der Waals surface area (Å²) in [5, 5.41) is 6.64. The predicted molar refractivity (Wildman–Crippen MR) is 199 cm³/mol. The molecule has 0 aliphatic heterocycles. The summed E-state index contributed by atoms with van der Waals surface area (Å²) in [6.45, 7) is 2.04. The number of aryl methyl sites for hydroxylation is 1. The van der Waals surface area contributed by atoms with E-state index in [1.165, 1.54) is 0 Å². The van der Waals surface area contributed by atoms with Gasteiger partial charge in [0, 0.05) is 59.2 Å². The maximum Gasteiger partial charge on any atom is 0.169 e. The fourth-order valence-electron chi connectivity index (χ4n) is 6.66. The van der Waals surface area contributed by atoms with Gasteiger partial charge in [0.05, 0.1) is 16.9 Å². The Morgan fingerprint density at radius 2 is 1.32 bits per heavy atom. The van der Waals surface area contributed by atoms with Gasteiger partial charge >= 0.3 is 0 Å². The van der Waals surface area contributed by atoms with Crippen molar-refractivity contribution >= 4 is 54.6 Å². The molecule has 0 bridgehead atoms. The fraction of sp³-hybridized carbons (Fsp3) is 0.0227. The maximum absolute atomic E-state index is 6.64. The van der Waals surface area contributed by atoms with Gasteiger partial charge in [0.1, 0.15) is 5.58 Å². The van der Waals surface area contributed by atoms with Crippen LogP contribution in [-0.4, -0.2) is 19.5 Å². The van der Waals surface area contributed by atoms with E-state index in [1.54, 1.807) is 6.20 Å². The van der Waals surface area contributed by atoms with Crippen molar-refractivity contribution < 1.29 is 24.5 Å². The third-order valence-corrected chi connectivity index (χ3v) is 8.92. The summed E-state index contributed by atoms with van der Waals surface area (Å²) in [4.78, 5) is 14.3. The van der Waals surface area contributed by atoms with Gasteiger partial charge < -0.3 is 14.0 Å². The molecule has 0 atom stereocenters. The zero-order valence-electron chi connectivity index (χ0n) is 27.0. The van der Waals surface area contributed by atoms with Gasteiger partial charge in [0.2, 0.25) is 0 Å². The van der Waals surface area contributed by atoms with E-state index < -0.39 is 0 Å². The molecule has 0 fully saturated rings. The quantitative estimate of drug-likeness (QED) is 0.167. The Bertz CT molecular complexity index is 2740. The van der Waals surface area contributed by atoms with Crippen molar-refractivity contribution in [3.8, 4) is 28.3 Å². The number of rotatable bonds is 3. The summed E-state index contributed by atoms with van der Waals surface area (Å²) in [6.07, 6.45) is 1.79. The van der Waals surface area contributed by atoms with Gasteiger partial charge in [-0.05, 0) is 36.2 Å². The number of nitrogens with zero attached hydrogens (tertiary/aromatic N) is 4. The summed E-state index contributed by atoms with van der Waals surface area (Å²) in [6, 6.07) is 55.7. The zero-order valence-corrected chi connectivity index (χ0v) is 29.4. The average molecular weight is 821 g/mol. The maximum atomic E-state index is 6.64. The number of aromatic nitrogens is 4. The Balaban J connectivity index is 0.000000236. The molecular formula is C44H28IrN4O-2. The van der Waals surface area contributed by atoms with E-state index in [0.717, 1.165) is 83.0 Å². The first-order valence-corrected chi connectivity index (χ1v) is 16.2. The minimum absolute atomic E-state index is 0. The number of para-hydroxylation sites is 1. The predicted octanol–water partition coefficient (Wildman–Crippen LogP) is 10.9. The normalized spacial score (nSPS) is 11.1. The molecule has 0 unspecified atom stereocenters. The van der Waals surface area contributed by atoms with E-state index in [2.05, 4.69) is 101 Å². The Labute approximate surface area is 302 Å². The van der Waals surface area contributed by atoms with E-state index in [4.69, 9.17) is 14.4 Å². The van der Waals surface area contributed by atoms with Gasteiger partial charge in [-0.3, -0.25) is 4.98 Å². The summed E-state index contributed by atoms with van der Waals surface area (Å²) >= 11 is 0. The van der Waals surface area contributed by atoms with E-state index in [9.17, 15) is 0 Å². The van der Waals surface area contributed by atoms with Crippen LogP contribution in [0.4, 0.5) is 0 Å². The van der Waals surface area contributed by atoms with Crippen LogP contribution in [0.5, 0.6) is 0 Å². The molecule has 10 aromatic rings. The molecule has 0 saturated carbocycles. The molecule has 4 aromatic heterocycles. The van der Waals surface area contributed by atoms with Crippen molar-refractivity contribution in [1.82, 2.24) is 19.5 Å². The summed E-state index contributed by atoms with van der Waals surface area (Å²) in [7, 11) is 0. The van der Waals surface area contributed by atoms with Gasteiger partial charge in [-0.1, -0.05) is 102 Å². The van der Waals surface area contributed by atoms with Gasteiger partial charge in [-0.15, -0.1) is 54.1 Å². The van der Waals surface area contributed by atoms with Crippen LogP contribution >= 0.6 is 0 Å². The van der Waals surface area contributed by atoms with Crippen molar-refractivity contribution in [2.75, 3.05) is 0 Å². The average Bonchev–Trinajstić information content (AvgIpc) is 3.76. The molecule has 0 aliphatic carbocycles. The first kappa shape index (κ1) is 31.3. The topological polar surface area (TPSA) is 56.7 Å². The molecule has 4 heterocycles. The van der Waals surface area contributed by atoms with Crippen LogP contribution in [0.2, 0.25) is 0 Å². The standard InChI is InChI=1S/C33H20N3O.C11H8N.Ir/c1-20-23-13-7-8-15-25(23)29-32(34-20)35-33(36(29)22-11-3-2-4-12-22)28-17-9-16-26-27-19-18-21-10-5-6-14-24(21)30(27)37-31(26)28;1-2-6-10(7-3-1)11-8-4-5-9-12-11;/h2-16,18-19H,1H3;1-6,8-9H;/q2*-1;. The number of hydrogen-bond acceptors (Lipinski definition) is 4. The number of furan rings is 1. The monoisotopic (exact) mass is 821 g/mol. The van der Waals surface area contributed by atoms with E-state index >= 15 is 0 Å². The molecule has 0 spiro atoms. The Morgan fingerprint density at radius 3 is 2.12 bits per heavy atom. The van der Waals surface area contributed by atoms with Gasteiger partial charge in [-0.25, -0.2) is 4.98 Å². The molecule has 241 valence electrons. The van der Waals surface area contributed by atoms with Gasteiger partial charge in [0.25, 0.3) is 0 Å². The Kier molecular flexibility index (Phi) is 8.25. The summed E-state index contributed by atoms with van der Waals surface area (Å²) < 4.78 is 8.84. The van der Waals surface area contributed by atoms with Crippen molar-refractivity contribution in [2.45, 2.75) is 6.92 Å². The first-order chi connectivity index (χ1) is 24.2. The number of benzene rings is 6. The molecule has 6 aromatic carbocycles. The zero-order chi connectivity index (χ0) is 32.7. The molecule has 0 aliphatic rings. The third-order valence-electron chi connectivity index (χ3n) is 8.92. The molecule has 0 saturated heterocycles. The van der Waals surface area contributed by atoms with Crippen molar-refractivity contribution in [3.63, 3.8) is 0 Å². The van der Waals surface area contributed by atoms with Crippen LogP contribution in [0.25, 0.3) is 83.0 Å². The van der Waals surface area contributed by atoms with E-state index in [-0.39, 0.29) is 20.1 Å². The molecular weight excluding hydrogens is 793 g/mol. The van der Waals surface area contributed by atoms with Crippen LogP contribution in [0.1, 0.15) is 5.69 Å². The van der Waals surface area contributed by atoms with Crippen LogP contribution in [-0.2, 0) is 20.1 Å². The number of fused-ring (bicyclic) bond motifs is 8. The van der Waals surface area contributed by atoms with Crippen molar-refractivity contribution in [1.29, 1.82) is 0 Å². The molecule has 5 nitrogen and oxygen atoms in total. The number of pyridine rings is 2. The van der Waals surface area contributed by atoms with Gasteiger partial charge in [-0.2, -0.15) is 0 Å². The molecule has 1 radical (unpaired) electrons. The Hall–Kier alpha value is -5.94. The van der Waals surface area contributed by atoms with Crippen molar-refractivity contribution in [2.24, 2.45) is 0 Å². The van der Waals surface area contributed by atoms with Crippen LogP contribution < -0.4 is 0 Å². The minimum atomic E-state index is 0. The molecule has 6 heteroatoms. The largest absolute Gasteiger partial charge is 0.500 e. The minimum Gasteiger partial charge on any atom is -0.500 e. The SMILES string of the molecule is Cc1nc2nc(-c3[c-]ccc4c3oc3c5ccccc5ccc43)n(-c3ccccc3)c2c2ccccc12.[Ir].[c-]1ccccc1-c1ccccn1. The van der Waals surface area contributed by atoms with Crippen LogP contribution in [0.3, 0.4) is 0 Å². The first-order valence-electron chi connectivity index (χ1n) is 16.2. The molecule has 10 rings (SSSR count). The van der Waals surface area contributed by atoms with Gasteiger partial charge in [0.15, 0.2) is 5.65 Å².